The lowest BCUT2D eigenvalue weighted by molar-refractivity contribution is -0.138. The van der Waals surface area contributed by atoms with Gasteiger partial charge in [0.25, 0.3) is 11.8 Å². The molecule has 0 aromatic heterocycles. The molecule has 0 aromatic rings. The van der Waals surface area contributed by atoms with Crippen LogP contribution < -0.4 is 21.3 Å². The van der Waals surface area contributed by atoms with E-state index < -0.39 is 0 Å². The summed E-state index contributed by atoms with van der Waals surface area (Å²) in [5, 5.41) is 12.2. The number of carbonyl (C=O) groups is 5. The molecule has 44 heavy (non-hydrogen) atoms. The Labute approximate surface area is 263 Å². The van der Waals surface area contributed by atoms with Crippen molar-refractivity contribution in [3.05, 3.63) is 12.2 Å². The SMILES string of the molecule is O=C(CCCC[C@@H]1SC[C@@H]2NC(=O)N[C@@H]21)NCCOCCOCCOCCNC(=O)C1CCC(CN2C(=O)C=CC2=O)CC1. The largest absolute Gasteiger partial charge is 0.377 e. The summed E-state index contributed by atoms with van der Waals surface area (Å²) in [6.07, 6.45) is 9.07. The van der Waals surface area contributed by atoms with E-state index >= 15 is 0 Å². The fourth-order valence-electron chi connectivity index (χ4n) is 6.03. The molecule has 3 fully saturated rings. The second-order valence-electron chi connectivity index (χ2n) is 11.7. The van der Waals surface area contributed by atoms with Gasteiger partial charge >= 0.3 is 6.03 Å². The molecule has 13 nitrogen and oxygen atoms in total. The predicted octanol–water partition coefficient (Wildman–Crippen LogP) is 0.726. The van der Waals surface area contributed by atoms with Crippen LogP contribution in [0.3, 0.4) is 0 Å². The number of ether oxygens (including phenoxy) is 3. The maximum Gasteiger partial charge on any atom is 0.315 e. The molecule has 3 heterocycles. The Bertz CT molecular complexity index is 1000. The van der Waals surface area contributed by atoms with Crippen LogP contribution in [0, 0.1) is 11.8 Å². The third-order valence-corrected chi connectivity index (χ3v) is 10.0. The third-order valence-electron chi connectivity index (χ3n) is 8.50. The number of carbonyl (C=O) groups excluding carboxylic acids is 5. The second kappa shape index (κ2) is 18.3. The number of unbranched alkanes of at least 4 members (excludes halogenated alkanes) is 1. The van der Waals surface area contributed by atoms with Crippen LogP contribution in [0.15, 0.2) is 12.2 Å². The Morgan fingerprint density at radius 3 is 2.16 bits per heavy atom. The normalized spacial score (nSPS) is 26.0. The monoisotopic (exact) mass is 637 g/mol. The summed E-state index contributed by atoms with van der Waals surface area (Å²) >= 11 is 1.89. The average molecular weight is 638 g/mol. The maximum atomic E-state index is 12.4. The molecule has 0 aromatic carbocycles. The van der Waals surface area contributed by atoms with Gasteiger partial charge in [0.2, 0.25) is 11.8 Å². The van der Waals surface area contributed by atoms with E-state index in [9.17, 15) is 24.0 Å². The number of imide groups is 1. The van der Waals surface area contributed by atoms with E-state index in [1.165, 1.54) is 17.1 Å². The molecular weight excluding hydrogens is 590 g/mol. The minimum atomic E-state index is -0.248. The fraction of sp³-hybridized carbons (Fsp3) is 0.767. The maximum absolute atomic E-state index is 12.4. The molecule has 3 aliphatic heterocycles. The van der Waals surface area contributed by atoms with Crippen LogP contribution in [0.25, 0.3) is 0 Å². The number of hydrogen-bond donors (Lipinski definition) is 4. The zero-order valence-corrected chi connectivity index (χ0v) is 26.2. The topological polar surface area (TPSA) is 164 Å². The van der Waals surface area contributed by atoms with Crippen molar-refractivity contribution in [3.8, 4) is 0 Å². The van der Waals surface area contributed by atoms with Gasteiger partial charge in [-0.25, -0.2) is 4.79 Å². The highest BCUT2D eigenvalue weighted by molar-refractivity contribution is 8.00. The highest BCUT2D eigenvalue weighted by atomic mass is 32.2. The zero-order valence-electron chi connectivity index (χ0n) is 25.4. The van der Waals surface area contributed by atoms with Crippen molar-refractivity contribution in [2.75, 3.05) is 65.0 Å². The van der Waals surface area contributed by atoms with Crippen LogP contribution in [0.4, 0.5) is 4.79 Å². The molecule has 0 unspecified atom stereocenters. The van der Waals surface area contributed by atoms with Gasteiger partial charge in [-0.2, -0.15) is 11.8 Å². The number of nitrogens with one attached hydrogen (secondary N) is 4. The summed E-state index contributed by atoms with van der Waals surface area (Å²) in [5.74, 6) is 0.727. The molecule has 4 rings (SSSR count). The summed E-state index contributed by atoms with van der Waals surface area (Å²) in [7, 11) is 0. The van der Waals surface area contributed by atoms with Crippen LogP contribution in [-0.4, -0.2) is 117 Å². The lowest BCUT2D eigenvalue weighted by Gasteiger charge is -2.30. The zero-order chi connectivity index (χ0) is 31.1. The van der Waals surface area contributed by atoms with Crippen molar-refractivity contribution in [1.29, 1.82) is 0 Å². The van der Waals surface area contributed by atoms with Gasteiger partial charge < -0.3 is 35.5 Å². The first-order chi connectivity index (χ1) is 21.4. The van der Waals surface area contributed by atoms with Crippen LogP contribution in [0.5, 0.6) is 0 Å². The number of thioether (sulfide) groups is 1. The highest BCUT2D eigenvalue weighted by Gasteiger charge is 2.42. The minimum absolute atomic E-state index is 0.0294. The molecule has 1 aliphatic carbocycles. The predicted molar refractivity (Wildman–Crippen MR) is 164 cm³/mol. The lowest BCUT2D eigenvalue weighted by atomic mass is 9.81. The molecule has 0 bridgehead atoms. The Morgan fingerprint density at radius 2 is 1.48 bits per heavy atom. The van der Waals surface area contributed by atoms with E-state index in [-0.39, 0.29) is 53.6 Å². The lowest BCUT2D eigenvalue weighted by Crippen LogP contribution is -2.39. The van der Waals surface area contributed by atoms with Crippen molar-refractivity contribution in [2.45, 2.75) is 68.7 Å². The van der Waals surface area contributed by atoms with Crippen molar-refractivity contribution in [2.24, 2.45) is 11.8 Å². The van der Waals surface area contributed by atoms with Crippen molar-refractivity contribution in [3.63, 3.8) is 0 Å². The average Bonchev–Trinajstić information content (AvgIpc) is 3.67. The summed E-state index contributed by atoms with van der Waals surface area (Å²) in [6, 6.07) is 0.387. The molecule has 2 saturated heterocycles. The number of amides is 6. The first-order valence-electron chi connectivity index (χ1n) is 15.9. The number of nitrogens with zero attached hydrogens (tertiary/aromatic N) is 1. The minimum Gasteiger partial charge on any atom is -0.377 e. The molecule has 4 N–H and O–H groups in total. The van der Waals surface area contributed by atoms with Gasteiger partial charge in [-0.3, -0.25) is 24.1 Å². The number of fused-ring (bicyclic) bond motifs is 1. The third kappa shape index (κ3) is 11.0. The number of rotatable bonds is 20. The van der Waals surface area contributed by atoms with Gasteiger partial charge in [0.15, 0.2) is 0 Å². The molecule has 0 radical (unpaired) electrons. The molecule has 3 atom stereocenters. The number of hydrogen-bond acceptors (Lipinski definition) is 9. The van der Waals surface area contributed by atoms with Crippen molar-refractivity contribution >= 4 is 41.4 Å². The van der Waals surface area contributed by atoms with Crippen LogP contribution in [0.2, 0.25) is 0 Å². The Balaban J connectivity index is 0.869. The van der Waals surface area contributed by atoms with E-state index in [0.717, 1.165) is 50.7 Å². The second-order valence-corrected chi connectivity index (χ2v) is 13.0. The van der Waals surface area contributed by atoms with E-state index in [4.69, 9.17) is 14.2 Å². The summed E-state index contributed by atoms with van der Waals surface area (Å²) in [5.41, 5.74) is 0. The van der Waals surface area contributed by atoms with Crippen LogP contribution >= 0.6 is 11.8 Å². The van der Waals surface area contributed by atoms with Crippen LogP contribution in [-0.2, 0) is 33.4 Å². The first-order valence-corrected chi connectivity index (χ1v) is 17.0. The molecule has 4 aliphatic rings. The molecule has 6 amide bonds. The summed E-state index contributed by atoms with van der Waals surface area (Å²) in [6.45, 7) is 3.89. The van der Waals surface area contributed by atoms with Gasteiger partial charge in [-0.1, -0.05) is 6.42 Å². The molecule has 14 heteroatoms. The van der Waals surface area contributed by atoms with Crippen LogP contribution in [0.1, 0.15) is 51.4 Å². The first kappa shape index (κ1) is 34.2. The van der Waals surface area contributed by atoms with Gasteiger partial charge in [0.05, 0.1) is 51.7 Å². The van der Waals surface area contributed by atoms with Crippen molar-refractivity contribution < 1.29 is 38.2 Å². The quantitative estimate of drug-likeness (QED) is 0.0856. The Morgan fingerprint density at radius 1 is 0.841 bits per heavy atom. The van der Waals surface area contributed by atoms with E-state index in [1.54, 1.807) is 0 Å². The van der Waals surface area contributed by atoms with Gasteiger partial charge in [0, 0.05) is 55.1 Å². The van der Waals surface area contributed by atoms with E-state index in [2.05, 4.69) is 21.3 Å². The molecule has 246 valence electrons. The van der Waals surface area contributed by atoms with Gasteiger partial charge in [0.1, 0.15) is 0 Å². The standard InChI is InChI=1S/C30H47N5O8S/c36-25(4-2-1-3-24-28-23(20-44-24)33-30(40)34-28)31-11-13-41-15-17-43-18-16-42-14-12-32-29(39)22-7-5-21(6-8-22)19-35-26(37)9-10-27(35)38/h9-10,21-24,28H,1-8,11-20H2,(H,31,36)(H,32,39)(H2,33,34,40)/t21?,22?,23-,24-,28-/m0/s1. The summed E-state index contributed by atoms with van der Waals surface area (Å²) < 4.78 is 16.5. The van der Waals surface area contributed by atoms with Crippen molar-refractivity contribution in [1.82, 2.24) is 26.2 Å². The highest BCUT2D eigenvalue weighted by Crippen LogP contribution is 2.33. The van der Waals surface area contributed by atoms with Gasteiger partial charge in [-0.15, -0.1) is 0 Å². The smallest absolute Gasteiger partial charge is 0.315 e. The van der Waals surface area contributed by atoms with E-state index in [1.807, 2.05) is 11.8 Å². The molecule has 1 saturated carbocycles. The Hall–Kier alpha value is -2.68. The molecule has 0 spiro atoms. The molecular formula is C30H47N5O8S. The Kier molecular flexibility index (Phi) is 14.2. The fourth-order valence-corrected chi connectivity index (χ4v) is 7.58. The summed E-state index contributed by atoms with van der Waals surface area (Å²) in [4.78, 5) is 60.7. The number of urea groups is 1. The van der Waals surface area contributed by atoms with Gasteiger partial charge in [-0.05, 0) is 44.4 Å². The van der Waals surface area contributed by atoms with E-state index in [0.29, 0.717) is 70.9 Å².